The lowest BCUT2D eigenvalue weighted by atomic mass is 10.1. The molecule has 0 fully saturated rings. The zero-order valence-corrected chi connectivity index (χ0v) is 6.33. The van der Waals surface area contributed by atoms with Crippen molar-refractivity contribution in [2.45, 2.75) is 19.4 Å². The third-order valence-corrected chi connectivity index (χ3v) is 1.34. The van der Waals surface area contributed by atoms with Crippen molar-refractivity contribution in [3.63, 3.8) is 0 Å². The number of hydrogen-bond donors (Lipinski definition) is 1. The number of hydrogen-bond acceptors (Lipinski definition) is 2. The van der Waals surface area contributed by atoms with E-state index in [-0.39, 0.29) is 5.54 Å². The molecule has 0 saturated carbocycles. The fourth-order valence-corrected chi connectivity index (χ4v) is 0.713. The van der Waals surface area contributed by atoms with E-state index in [2.05, 4.69) is 4.99 Å². The van der Waals surface area contributed by atoms with Crippen molar-refractivity contribution in [1.82, 2.24) is 0 Å². The molecule has 0 amide bonds. The Balaban J connectivity index is 2.88. The first kappa shape index (κ1) is 7.22. The molecule has 2 heteroatoms. The van der Waals surface area contributed by atoms with E-state index in [1.165, 1.54) is 0 Å². The van der Waals surface area contributed by atoms with Crippen molar-refractivity contribution in [2.75, 3.05) is 0 Å². The summed E-state index contributed by atoms with van der Waals surface area (Å²) in [6, 6.07) is 0. The van der Waals surface area contributed by atoms with Crippen LogP contribution in [0.1, 0.15) is 13.8 Å². The number of nitrogens with two attached hydrogens (primary N) is 1. The molecule has 2 N–H and O–H groups in total. The van der Waals surface area contributed by atoms with Crippen molar-refractivity contribution in [1.29, 1.82) is 0 Å². The highest BCUT2D eigenvalue weighted by Crippen LogP contribution is 2.06. The van der Waals surface area contributed by atoms with Gasteiger partial charge in [-0.15, -0.1) is 0 Å². The van der Waals surface area contributed by atoms with Gasteiger partial charge in [0.15, 0.2) is 0 Å². The normalized spacial score (nSPS) is 31.7. The van der Waals surface area contributed by atoms with Crippen LogP contribution in [0.4, 0.5) is 0 Å². The molecule has 0 bridgehead atoms. The van der Waals surface area contributed by atoms with Gasteiger partial charge in [0, 0.05) is 12.4 Å². The van der Waals surface area contributed by atoms with E-state index in [0.717, 1.165) is 5.57 Å². The average Bonchev–Trinajstić information content (AvgIpc) is 1.94. The van der Waals surface area contributed by atoms with E-state index in [0.29, 0.717) is 0 Å². The molecule has 54 valence electrons. The molecule has 1 aliphatic heterocycles. The first-order valence-corrected chi connectivity index (χ1v) is 3.29. The lowest BCUT2D eigenvalue weighted by Crippen LogP contribution is -2.34. The Morgan fingerprint density at radius 1 is 1.60 bits per heavy atom. The van der Waals surface area contributed by atoms with Crippen LogP contribution in [-0.4, -0.2) is 11.8 Å². The van der Waals surface area contributed by atoms with Crippen LogP contribution in [-0.2, 0) is 0 Å². The molecule has 1 heterocycles. The molecular formula is C8H12N2. The van der Waals surface area contributed by atoms with Crippen LogP contribution >= 0.6 is 0 Å². The molecule has 0 spiro atoms. The van der Waals surface area contributed by atoms with Gasteiger partial charge in [0.1, 0.15) is 0 Å². The van der Waals surface area contributed by atoms with Crippen molar-refractivity contribution >= 4 is 6.21 Å². The van der Waals surface area contributed by atoms with Gasteiger partial charge in [-0.2, -0.15) is 0 Å². The zero-order valence-electron chi connectivity index (χ0n) is 6.33. The molecule has 1 unspecified atom stereocenters. The summed E-state index contributed by atoms with van der Waals surface area (Å²) >= 11 is 0. The maximum Gasteiger partial charge on any atom is 0.0673 e. The van der Waals surface area contributed by atoms with Gasteiger partial charge in [0.25, 0.3) is 0 Å². The fourth-order valence-electron chi connectivity index (χ4n) is 0.713. The maximum absolute atomic E-state index is 5.77. The molecular weight excluding hydrogens is 124 g/mol. The Morgan fingerprint density at radius 2 is 2.30 bits per heavy atom. The molecule has 0 aromatic rings. The van der Waals surface area contributed by atoms with E-state index < -0.39 is 0 Å². The summed E-state index contributed by atoms with van der Waals surface area (Å²) in [6.45, 7) is 3.91. The average molecular weight is 136 g/mol. The van der Waals surface area contributed by atoms with Crippen molar-refractivity contribution < 1.29 is 0 Å². The quantitative estimate of drug-likeness (QED) is 0.534. The summed E-state index contributed by atoms with van der Waals surface area (Å²) in [5.41, 5.74) is 6.52. The summed E-state index contributed by atoms with van der Waals surface area (Å²) in [5.74, 6) is 0. The van der Waals surface area contributed by atoms with E-state index in [9.17, 15) is 0 Å². The van der Waals surface area contributed by atoms with Crippen LogP contribution in [0.5, 0.6) is 0 Å². The smallest absolute Gasteiger partial charge is 0.0673 e. The lowest BCUT2D eigenvalue weighted by Gasteiger charge is -2.11. The molecule has 1 rings (SSSR count). The van der Waals surface area contributed by atoms with Crippen LogP contribution in [0.15, 0.2) is 28.9 Å². The standard InChI is InChI=1S/C8H12N2/c1-7-3-4-8(2,9)6-10-5-7/h3-6H,9H2,1-2H3. The first-order valence-electron chi connectivity index (χ1n) is 3.29. The summed E-state index contributed by atoms with van der Waals surface area (Å²) in [5, 5.41) is 0. The van der Waals surface area contributed by atoms with Crippen LogP contribution in [0.3, 0.4) is 0 Å². The number of rotatable bonds is 0. The summed E-state index contributed by atoms with van der Waals surface area (Å²) in [6.07, 6.45) is 7.46. The molecule has 0 radical (unpaired) electrons. The second-order valence-corrected chi connectivity index (χ2v) is 2.85. The van der Waals surface area contributed by atoms with Gasteiger partial charge in [-0.05, 0) is 19.4 Å². The minimum absolute atomic E-state index is 0.381. The fraction of sp³-hybridized carbons (Fsp3) is 0.375. The van der Waals surface area contributed by atoms with E-state index >= 15 is 0 Å². The summed E-state index contributed by atoms with van der Waals surface area (Å²) in [4.78, 5) is 4.03. The zero-order chi connectivity index (χ0) is 7.61. The monoisotopic (exact) mass is 136 g/mol. The minimum Gasteiger partial charge on any atom is -0.318 e. The van der Waals surface area contributed by atoms with Crippen molar-refractivity contribution in [2.24, 2.45) is 10.7 Å². The topological polar surface area (TPSA) is 38.4 Å². The Morgan fingerprint density at radius 3 is 3.00 bits per heavy atom. The third kappa shape index (κ3) is 1.81. The van der Waals surface area contributed by atoms with Crippen LogP contribution in [0, 0.1) is 0 Å². The van der Waals surface area contributed by atoms with E-state index in [1.54, 1.807) is 12.4 Å². The second-order valence-electron chi connectivity index (χ2n) is 2.85. The molecule has 0 aliphatic carbocycles. The van der Waals surface area contributed by atoms with Gasteiger partial charge in [-0.1, -0.05) is 12.2 Å². The molecule has 2 nitrogen and oxygen atoms in total. The first-order chi connectivity index (χ1) is 4.60. The predicted molar refractivity (Wildman–Crippen MR) is 44.0 cm³/mol. The van der Waals surface area contributed by atoms with Crippen molar-refractivity contribution in [3.05, 3.63) is 23.9 Å². The molecule has 0 saturated heterocycles. The van der Waals surface area contributed by atoms with Crippen LogP contribution in [0.25, 0.3) is 0 Å². The molecule has 0 aromatic carbocycles. The SMILES string of the molecule is CC1=CN=CC(C)(N)C=C1. The maximum atomic E-state index is 5.77. The highest BCUT2D eigenvalue weighted by Gasteiger charge is 2.10. The highest BCUT2D eigenvalue weighted by atomic mass is 14.8. The summed E-state index contributed by atoms with van der Waals surface area (Å²) in [7, 11) is 0. The third-order valence-electron chi connectivity index (χ3n) is 1.34. The largest absolute Gasteiger partial charge is 0.318 e. The number of aliphatic imine (C=N–C) groups is 1. The van der Waals surface area contributed by atoms with Gasteiger partial charge in [0.05, 0.1) is 5.54 Å². The lowest BCUT2D eigenvalue weighted by molar-refractivity contribution is 0.801. The Kier molecular flexibility index (Phi) is 1.72. The summed E-state index contributed by atoms with van der Waals surface area (Å²) < 4.78 is 0. The Hall–Kier alpha value is -0.890. The Bertz CT molecular complexity index is 209. The minimum atomic E-state index is -0.381. The number of nitrogens with zero attached hydrogens (tertiary/aromatic N) is 1. The molecule has 1 atom stereocenters. The van der Waals surface area contributed by atoms with E-state index in [1.807, 2.05) is 26.0 Å². The van der Waals surface area contributed by atoms with Crippen LogP contribution < -0.4 is 5.73 Å². The Labute approximate surface area is 61.1 Å². The van der Waals surface area contributed by atoms with Gasteiger partial charge in [0.2, 0.25) is 0 Å². The second kappa shape index (κ2) is 2.39. The predicted octanol–water partition coefficient (Wildman–Crippen LogP) is 1.25. The molecule has 0 aromatic heterocycles. The number of allylic oxidation sites excluding steroid dienone is 2. The molecule has 1 aliphatic rings. The van der Waals surface area contributed by atoms with Gasteiger partial charge in [-0.3, -0.25) is 4.99 Å². The van der Waals surface area contributed by atoms with Gasteiger partial charge < -0.3 is 5.73 Å². The highest BCUT2D eigenvalue weighted by molar-refractivity contribution is 5.73. The van der Waals surface area contributed by atoms with Gasteiger partial charge in [-0.25, -0.2) is 0 Å². The van der Waals surface area contributed by atoms with Gasteiger partial charge >= 0.3 is 0 Å². The van der Waals surface area contributed by atoms with E-state index in [4.69, 9.17) is 5.73 Å². The van der Waals surface area contributed by atoms with Crippen LogP contribution in [0.2, 0.25) is 0 Å². The molecule has 10 heavy (non-hydrogen) atoms. The van der Waals surface area contributed by atoms with Crippen molar-refractivity contribution in [3.8, 4) is 0 Å².